The third-order valence-corrected chi connectivity index (χ3v) is 2.82. The fraction of sp³-hybridized carbons (Fsp3) is 0.364. The maximum absolute atomic E-state index is 11.1. The molecule has 1 aromatic rings. The van der Waals surface area contributed by atoms with Crippen molar-refractivity contribution in [2.75, 3.05) is 0 Å². The molecule has 1 aromatic carbocycles. The summed E-state index contributed by atoms with van der Waals surface area (Å²) >= 11 is 5.70. The molecule has 0 spiro atoms. The van der Waals surface area contributed by atoms with Crippen molar-refractivity contribution >= 4 is 23.2 Å². The van der Waals surface area contributed by atoms with Crippen LogP contribution in [0.2, 0.25) is 5.02 Å². The van der Waals surface area contributed by atoms with Gasteiger partial charge in [-0.25, -0.2) is 0 Å². The van der Waals surface area contributed by atoms with Crippen LogP contribution in [0.25, 0.3) is 0 Å². The predicted molar refractivity (Wildman–Crippen MR) is 68.2 cm³/mol. The number of nitrogens with zero attached hydrogens (tertiary/aromatic N) is 1. The highest BCUT2D eigenvalue weighted by Gasteiger charge is 2.25. The van der Waals surface area contributed by atoms with Crippen LogP contribution in [0.15, 0.2) is 18.2 Å². The maximum Gasteiger partial charge on any atom is 0.275 e. The molecule has 0 radical (unpaired) electrons. The summed E-state index contributed by atoms with van der Waals surface area (Å²) in [6, 6.07) is 4.38. The number of hydrogen-bond donors (Lipinski definition) is 2. The summed E-state index contributed by atoms with van der Waals surface area (Å²) in [6.07, 6.45) is 0. The predicted octanol–water partition coefficient (Wildman–Crippen LogP) is 1.60. The van der Waals surface area contributed by atoms with E-state index in [1.807, 2.05) is 0 Å². The molecular formula is C11H14ClN3O3. The summed E-state index contributed by atoms with van der Waals surface area (Å²) in [4.78, 5) is 21.5. The molecule has 0 atom stereocenters. The van der Waals surface area contributed by atoms with Crippen molar-refractivity contribution in [3.63, 3.8) is 0 Å². The highest BCUT2D eigenvalue weighted by Crippen LogP contribution is 2.23. The molecule has 0 aliphatic heterocycles. The van der Waals surface area contributed by atoms with Crippen molar-refractivity contribution in [3.05, 3.63) is 38.9 Å². The van der Waals surface area contributed by atoms with E-state index in [-0.39, 0.29) is 12.2 Å². The minimum absolute atomic E-state index is 0.0877. The standard InChI is InChI=1S/C11H14ClN3O3/c1-11(2,10(13)16)14-6-7-3-4-8(12)5-9(7)15(17)18/h3-5,14H,6H2,1-2H3,(H2,13,16). The maximum atomic E-state index is 11.1. The van der Waals surface area contributed by atoms with E-state index in [0.717, 1.165) is 0 Å². The van der Waals surface area contributed by atoms with E-state index in [0.29, 0.717) is 10.6 Å². The Labute approximate surface area is 109 Å². The van der Waals surface area contributed by atoms with Gasteiger partial charge in [-0.2, -0.15) is 0 Å². The summed E-state index contributed by atoms with van der Waals surface area (Å²) in [7, 11) is 0. The molecule has 0 saturated heterocycles. The second-order valence-electron chi connectivity index (χ2n) is 4.37. The van der Waals surface area contributed by atoms with Gasteiger partial charge in [0.25, 0.3) is 5.69 Å². The van der Waals surface area contributed by atoms with Crippen LogP contribution >= 0.6 is 11.6 Å². The molecule has 0 heterocycles. The van der Waals surface area contributed by atoms with Crippen molar-refractivity contribution in [1.29, 1.82) is 0 Å². The number of nitrogens with one attached hydrogen (secondary N) is 1. The van der Waals surface area contributed by atoms with E-state index in [4.69, 9.17) is 17.3 Å². The van der Waals surface area contributed by atoms with Crippen LogP contribution in [0.1, 0.15) is 19.4 Å². The quantitative estimate of drug-likeness (QED) is 0.628. The lowest BCUT2D eigenvalue weighted by molar-refractivity contribution is -0.385. The average molecular weight is 272 g/mol. The first-order valence-electron chi connectivity index (χ1n) is 5.22. The first-order valence-corrected chi connectivity index (χ1v) is 5.59. The van der Waals surface area contributed by atoms with Crippen LogP contribution < -0.4 is 11.1 Å². The SMILES string of the molecule is CC(C)(NCc1ccc(Cl)cc1[N+](=O)[O-])C(N)=O. The fourth-order valence-corrected chi connectivity index (χ4v) is 1.43. The van der Waals surface area contributed by atoms with Crippen LogP contribution in [0, 0.1) is 10.1 Å². The Morgan fingerprint density at radius 1 is 1.56 bits per heavy atom. The van der Waals surface area contributed by atoms with Crippen LogP contribution in [0.5, 0.6) is 0 Å². The van der Waals surface area contributed by atoms with Crippen molar-refractivity contribution in [3.8, 4) is 0 Å². The summed E-state index contributed by atoms with van der Waals surface area (Å²) in [5.41, 5.74) is 4.62. The number of carbonyl (C=O) groups is 1. The molecule has 98 valence electrons. The molecule has 6 nitrogen and oxygen atoms in total. The fourth-order valence-electron chi connectivity index (χ4n) is 1.26. The van der Waals surface area contributed by atoms with Gasteiger partial charge in [-0.05, 0) is 26.0 Å². The Balaban J connectivity index is 2.92. The third kappa shape index (κ3) is 3.41. The number of primary amides is 1. The van der Waals surface area contributed by atoms with Crippen LogP contribution in [0.3, 0.4) is 0 Å². The van der Waals surface area contributed by atoms with Gasteiger partial charge in [-0.15, -0.1) is 0 Å². The number of nitrogens with two attached hydrogens (primary N) is 1. The molecule has 0 aromatic heterocycles. The normalized spacial score (nSPS) is 11.3. The van der Waals surface area contributed by atoms with E-state index in [1.165, 1.54) is 6.07 Å². The zero-order valence-electron chi connectivity index (χ0n) is 10.1. The van der Waals surface area contributed by atoms with Crippen LogP contribution in [0.4, 0.5) is 5.69 Å². The summed E-state index contributed by atoms with van der Waals surface area (Å²) < 4.78 is 0. The number of hydrogen-bond acceptors (Lipinski definition) is 4. The zero-order chi connectivity index (χ0) is 13.9. The number of rotatable bonds is 5. The number of halogens is 1. The van der Waals surface area contributed by atoms with Gasteiger partial charge >= 0.3 is 0 Å². The summed E-state index contributed by atoms with van der Waals surface area (Å²) in [5.74, 6) is -0.529. The second-order valence-corrected chi connectivity index (χ2v) is 4.81. The number of carbonyl (C=O) groups excluding carboxylic acids is 1. The third-order valence-electron chi connectivity index (χ3n) is 2.58. The topological polar surface area (TPSA) is 98.3 Å². The van der Waals surface area contributed by atoms with E-state index >= 15 is 0 Å². The van der Waals surface area contributed by atoms with Gasteiger partial charge in [0.05, 0.1) is 10.5 Å². The van der Waals surface area contributed by atoms with Gasteiger partial charge in [0, 0.05) is 23.2 Å². The van der Waals surface area contributed by atoms with Gasteiger partial charge in [0.15, 0.2) is 0 Å². The van der Waals surface area contributed by atoms with Gasteiger partial charge in [0.1, 0.15) is 0 Å². The van der Waals surface area contributed by atoms with E-state index < -0.39 is 16.4 Å². The largest absolute Gasteiger partial charge is 0.368 e. The summed E-state index contributed by atoms with van der Waals surface area (Å²) in [6.45, 7) is 3.37. The Morgan fingerprint density at radius 3 is 2.67 bits per heavy atom. The Bertz CT molecular complexity index is 488. The minimum Gasteiger partial charge on any atom is -0.368 e. The first-order chi connectivity index (χ1) is 8.24. The van der Waals surface area contributed by atoms with Gasteiger partial charge in [0.2, 0.25) is 5.91 Å². The Morgan fingerprint density at radius 2 is 2.17 bits per heavy atom. The number of amides is 1. The molecular weight excluding hydrogens is 258 g/mol. The zero-order valence-corrected chi connectivity index (χ0v) is 10.8. The smallest absolute Gasteiger partial charge is 0.275 e. The number of nitro benzene ring substituents is 1. The van der Waals surface area contributed by atoms with Crippen LogP contribution in [-0.2, 0) is 11.3 Å². The minimum atomic E-state index is -0.937. The molecule has 1 rings (SSSR count). The molecule has 0 saturated carbocycles. The molecule has 0 aliphatic rings. The lowest BCUT2D eigenvalue weighted by Crippen LogP contribution is -2.50. The van der Waals surface area contributed by atoms with Crippen molar-refractivity contribution < 1.29 is 9.72 Å². The summed E-state index contributed by atoms with van der Waals surface area (Å²) in [5, 5.41) is 14.0. The van der Waals surface area contributed by atoms with Crippen molar-refractivity contribution in [2.24, 2.45) is 5.73 Å². The van der Waals surface area contributed by atoms with Gasteiger partial charge in [-0.1, -0.05) is 11.6 Å². The lowest BCUT2D eigenvalue weighted by Gasteiger charge is -2.22. The molecule has 7 heteroatoms. The molecule has 1 amide bonds. The first kappa shape index (κ1) is 14.4. The van der Waals surface area contributed by atoms with Crippen molar-refractivity contribution in [2.45, 2.75) is 25.9 Å². The molecule has 0 fully saturated rings. The molecule has 0 aliphatic carbocycles. The van der Waals surface area contributed by atoms with Crippen LogP contribution in [-0.4, -0.2) is 16.4 Å². The lowest BCUT2D eigenvalue weighted by atomic mass is 10.0. The van der Waals surface area contributed by atoms with Gasteiger partial charge in [-0.3, -0.25) is 20.2 Å². The molecule has 0 bridgehead atoms. The second kappa shape index (κ2) is 5.32. The monoisotopic (exact) mass is 271 g/mol. The Hall–Kier alpha value is -1.66. The van der Waals surface area contributed by atoms with E-state index in [9.17, 15) is 14.9 Å². The van der Waals surface area contributed by atoms with E-state index in [2.05, 4.69) is 5.32 Å². The highest BCUT2D eigenvalue weighted by atomic mass is 35.5. The highest BCUT2D eigenvalue weighted by molar-refractivity contribution is 6.30. The van der Waals surface area contributed by atoms with Crippen molar-refractivity contribution in [1.82, 2.24) is 5.32 Å². The number of benzene rings is 1. The molecule has 18 heavy (non-hydrogen) atoms. The van der Waals surface area contributed by atoms with Gasteiger partial charge < -0.3 is 5.73 Å². The van der Waals surface area contributed by atoms with E-state index in [1.54, 1.807) is 26.0 Å². The average Bonchev–Trinajstić information content (AvgIpc) is 2.27. The Kier molecular flexibility index (Phi) is 4.26. The number of nitro groups is 1. The molecule has 3 N–H and O–H groups in total. The molecule has 0 unspecified atom stereocenters.